The van der Waals surface area contributed by atoms with Crippen molar-refractivity contribution in [1.82, 2.24) is 19.9 Å². The molecule has 0 spiro atoms. The maximum atomic E-state index is 12.6. The predicted molar refractivity (Wildman–Crippen MR) is 120 cm³/mol. The lowest BCUT2D eigenvalue weighted by Crippen LogP contribution is -2.29. The van der Waals surface area contributed by atoms with Gasteiger partial charge >= 0.3 is 0 Å². The molecule has 3 N–H and O–H groups in total. The highest BCUT2D eigenvalue weighted by Gasteiger charge is 2.18. The van der Waals surface area contributed by atoms with E-state index < -0.39 is 10.0 Å². The summed E-state index contributed by atoms with van der Waals surface area (Å²) in [6, 6.07) is 10.7. The van der Waals surface area contributed by atoms with Crippen LogP contribution in [0.3, 0.4) is 0 Å². The minimum atomic E-state index is -3.64. The second-order valence-corrected chi connectivity index (χ2v) is 8.80. The first kappa shape index (κ1) is 22.4. The fourth-order valence-corrected chi connectivity index (χ4v) is 4.23. The molecule has 0 atom stereocenters. The van der Waals surface area contributed by atoms with Crippen molar-refractivity contribution in [2.75, 3.05) is 30.8 Å². The van der Waals surface area contributed by atoms with Crippen LogP contribution < -0.4 is 20.1 Å². The van der Waals surface area contributed by atoms with Gasteiger partial charge in [-0.15, -0.1) is 10.2 Å². The molecule has 31 heavy (non-hydrogen) atoms. The van der Waals surface area contributed by atoms with Crippen molar-refractivity contribution in [3.05, 3.63) is 59.3 Å². The van der Waals surface area contributed by atoms with Crippen molar-refractivity contribution in [1.29, 1.82) is 0 Å². The number of aryl methyl sites for hydroxylation is 3. The summed E-state index contributed by atoms with van der Waals surface area (Å²) < 4.78 is 33.1. The summed E-state index contributed by atoms with van der Waals surface area (Å²) in [6.07, 6.45) is 1.77. The number of benzene rings is 1. The van der Waals surface area contributed by atoms with Crippen molar-refractivity contribution >= 4 is 27.5 Å². The Morgan fingerprint density at radius 2 is 1.61 bits per heavy atom. The number of hydrogen-bond acceptors (Lipinski definition) is 8. The van der Waals surface area contributed by atoms with Crippen LogP contribution in [-0.2, 0) is 10.0 Å². The van der Waals surface area contributed by atoms with Crippen LogP contribution >= 0.6 is 0 Å². The highest BCUT2D eigenvalue weighted by molar-refractivity contribution is 7.89. The van der Waals surface area contributed by atoms with Crippen LogP contribution in [0.2, 0.25) is 0 Å². The molecular weight excluding hydrogens is 416 g/mol. The Morgan fingerprint density at radius 3 is 2.26 bits per heavy atom. The first-order chi connectivity index (χ1) is 14.8. The summed E-state index contributed by atoms with van der Waals surface area (Å²) in [7, 11) is -2.08. The van der Waals surface area contributed by atoms with Gasteiger partial charge in [0.2, 0.25) is 10.0 Å². The Morgan fingerprint density at radius 1 is 0.903 bits per heavy atom. The predicted octanol–water partition coefficient (Wildman–Crippen LogP) is 2.94. The van der Waals surface area contributed by atoms with Gasteiger partial charge in [-0.25, -0.2) is 18.1 Å². The zero-order chi connectivity index (χ0) is 22.4. The molecule has 0 fully saturated rings. The largest absolute Gasteiger partial charge is 0.496 e. The number of hydrogen-bond donors (Lipinski definition) is 3. The highest BCUT2D eigenvalue weighted by Crippen LogP contribution is 2.25. The molecule has 2 heterocycles. The van der Waals surface area contributed by atoms with E-state index in [0.29, 0.717) is 35.3 Å². The topological polar surface area (TPSA) is 118 Å². The second-order valence-electron chi connectivity index (χ2n) is 7.06. The van der Waals surface area contributed by atoms with Gasteiger partial charge in [0.25, 0.3) is 0 Å². The monoisotopic (exact) mass is 442 g/mol. The third-order valence-corrected chi connectivity index (χ3v) is 6.14. The first-order valence-electron chi connectivity index (χ1n) is 9.70. The maximum Gasteiger partial charge on any atom is 0.240 e. The van der Waals surface area contributed by atoms with Crippen LogP contribution in [0, 0.1) is 20.8 Å². The van der Waals surface area contributed by atoms with Gasteiger partial charge in [0, 0.05) is 19.3 Å². The molecule has 0 saturated carbocycles. The molecule has 9 nitrogen and oxygen atoms in total. The molecule has 164 valence electrons. The lowest BCUT2D eigenvalue weighted by atomic mass is 10.1. The molecule has 2 aromatic heterocycles. The van der Waals surface area contributed by atoms with Crippen LogP contribution in [0.5, 0.6) is 5.75 Å². The third kappa shape index (κ3) is 5.89. The van der Waals surface area contributed by atoms with Crippen molar-refractivity contribution in [2.45, 2.75) is 25.7 Å². The zero-order valence-electron chi connectivity index (χ0n) is 17.9. The fraction of sp³-hybridized carbons (Fsp3) is 0.286. The molecular formula is C21H26N6O3S. The minimum absolute atomic E-state index is 0.196. The zero-order valence-corrected chi connectivity index (χ0v) is 18.7. The Kier molecular flexibility index (Phi) is 7.03. The number of sulfonamides is 1. The number of anilines is 3. The number of methoxy groups -OCH3 is 1. The molecule has 3 aromatic rings. The fourth-order valence-electron chi connectivity index (χ4n) is 2.89. The van der Waals surface area contributed by atoms with Gasteiger partial charge in [-0.3, -0.25) is 0 Å². The molecule has 0 amide bonds. The number of aromatic nitrogens is 3. The highest BCUT2D eigenvalue weighted by atomic mass is 32.2. The number of rotatable bonds is 9. The summed E-state index contributed by atoms with van der Waals surface area (Å²) in [5.74, 6) is 2.44. The molecule has 0 saturated heterocycles. The molecule has 1 aromatic carbocycles. The van der Waals surface area contributed by atoms with Gasteiger partial charge in [0.1, 0.15) is 17.4 Å². The van der Waals surface area contributed by atoms with E-state index in [1.54, 1.807) is 44.5 Å². The summed E-state index contributed by atoms with van der Waals surface area (Å²) >= 11 is 0. The van der Waals surface area contributed by atoms with E-state index in [1.165, 1.54) is 0 Å². The average Bonchev–Trinajstić information content (AvgIpc) is 2.75. The molecule has 0 unspecified atom stereocenters. The van der Waals surface area contributed by atoms with Crippen molar-refractivity contribution in [2.24, 2.45) is 0 Å². The quantitative estimate of drug-likeness (QED) is 0.433. The van der Waals surface area contributed by atoms with Gasteiger partial charge in [-0.1, -0.05) is 6.07 Å². The molecule has 0 aliphatic heterocycles. The minimum Gasteiger partial charge on any atom is -0.496 e. The Bertz CT molecular complexity index is 1130. The lowest BCUT2D eigenvalue weighted by molar-refractivity contribution is 0.411. The SMILES string of the molecule is COc1cc(C)c(S(=O)(=O)NCCNc2ccc(Nc3ccc(C)cn3)nn2)cc1C. The molecule has 0 aliphatic rings. The van der Waals surface area contributed by atoms with Gasteiger partial charge < -0.3 is 15.4 Å². The standard InChI is InChI=1S/C21H26N6O3S/c1-14-5-6-19(23-13-14)25-21-8-7-20(26-27-21)22-9-10-24-31(28,29)18-12-15(2)17(30-4)11-16(18)3/h5-8,11-13,24H,9-10H2,1-4H3,(H,22,26)(H,23,25,27). The lowest BCUT2D eigenvalue weighted by Gasteiger charge is -2.13. The molecule has 0 bridgehead atoms. The van der Waals surface area contributed by atoms with Crippen molar-refractivity contribution in [3.8, 4) is 5.75 Å². The van der Waals surface area contributed by atoms with E-state index in [-0.39, 0.29) is 11.4 Å². The summed E-state index contributed by atoms with van der Waals surface area (Å²) in [4.78, 5) is 4.50. The first-order valence-corrected chi connectivity index (χ1v) is 11.2. The van der Waals surface area contributed by atoms with Crippen LogP contribution in [0.15, 0.2) is 47.5 Å². The normalized spacial score (nSPS) is 11.2. The Hall–Kier alpha value is -3.24. The van der Waals surface area contributed by atoms with E-state index in [0.717, 1.165) is 11.1 Å². The number of nitrogens with one attached hydrogen (secondary N) is 3. The van der Waals surface area contributed by atoms with E-state index >= 15 is 0 Å². The van der Waals surface area contributed by atoms with Gasteiger partial charge in [-0.2, -0.15) is 0 Å². The Balaban J connectivity index is 1.52. The second kappa shape index (κ2) is 9.71. The summed E-state index contributed by atoms with van der Waals surface area (Å²) in [5, 5.41) is 14.3. The summed E-state index contributed by atoms with van der Waals surface area (Å²) in [5.41, 5.74) is 2.46. The van der Waals surface area contributed by atoms with Gasteiger partial charge in [0.15, 0.2) is 5.82 Å². The van der Waals surface area contributed by atoms with E-state index in [4.69, 9.17) is 4.74 Å². The van der Waals surface area contributed by atoms with Crippen molar-refractivity contribution < 1.29 is 13.2 Å². The van der Waals surface area contributed by atoms with Crippen molar-refractivity contribution in [3.63, 3.8) is 0 Å². The Labute approximate surface area is 182 Å². The average molecular weight is 443 g/mol. The molecule has 10 heteroatoms. The van der Waals surface area contributed by atoms with Crippen LogP contribution in [0.4, 0.5) is 17.5 Å². The smallest absolute Gasteiger partial charge is 0.240 e. The number of pyridine rings is 1. The molecule has 0 radical (unpaired) electrons. The van der Waals surface area contributed by atoms with E-state index in [1.807, 2.05) is 26.0 Å². The van der Waals surface area contributed by atoms with Gasteiger partial charge in [0.05, 0.1) is 12.0 Å². The van der Waals surface area contributed by atoms with Crippen LogP contribution in [0.1, 0.15) is 16.7 Å². The van der Waals surface area contributed by atoms with E-state index in [9.17, 15) is 8.42 Å². The van der Waals surface area contributed by atoms with E-state index in [2.05, 4.69) is 30.5 Å². The van der Waals surface area contributed by atoms with Gasteiger partial charge in [-0.05, 0) is 67.8 Å². The number of nitrogens with zero attached hydrogens (tertiary/aromatic N) is 3. The number of ether oxygens (including phenoxy) is 1. The van der Waals surface area contributed by atoms with Crippen LogP contribution in [-0.4, -0.2) is 43.8 Å². The molecule has 0 aliphatic carbocycles. The summed E-state index contributed by atoms with van der Waals surface area (Å²) in [6.45, 7) is 6.07. The third-order valence-electron chi connectivity index (χ3n) is 4.54. The maximum absolute atomic E-state index is 12.6. The van der Waals surface area contributed by atoms with Crippen LogP contribution in [0.25, 0.3) is 0 Å². The molecule has 3 rings (SSSR count).